The molecular formula is C13H19N3O2. The Hall–Kier alpha value is -1.75. The Labute approximate surface area is 107 Å². The number of hydrogen-bond acceptors (Lipinski definition) is 4. The largest absolute Gasteiger partial charge is 0.409 e. The van der Waals surface area contributed by atoms with Gasteiger partial charge in [-0.1, -0.05) is 5.16 Å². The van der Waals surface area contributed by atoms with Gasteiger partial charge < -0.3 is 20.9 Å². The minimum Gasteiger partial charge on any atom is -0.409 e. The number of aliphatic hydroxyl groups excluding tert-OH is 1. The zero-order valence-corrected chi connectivity index (χ0v) is 10.5. The lowest BCUT2D eigenvalue weighted by atomic mass is 9.82. The van der Waals surface area contributed by atoms with Crippen molar-refractivity contribution in [2.75, 3.05) is 18.5 Å². The zero-order chi connectivity index (χ0) is 13.1. The third kappa shape index (κ3) is 2.73. The number of nitrogens with two attached hydrogens (primary N) is 1. The summed E-state index contributed by atoms with van der Waals surface area (Å²) in [4.78, 5) is 2.16. The van der Waals surface area contributed by atoms with Gasteiger partial charge in [0.15, 0.2) is 5.84 Å². The Morgan fingerprint density at radius 3 is 2.50 bits per heavy atom. The van der Waals surface area contributed by atoms with E-state index >= 15 is 0 Å². The lowest BCUT2D eigenvalue weighted by Gasteiger charge is -2.35. The Bertz CT molecular complexity index is 424. The third-order valence-corrected chi connectivity index (χ3v) is 3.45. The number of benzene rings is 1. The van der Waals surface area contributed by atoms with Crippen molar-refractivity contribution in [3.63, 3.8) is 0 Å². The van der Waals surface area contributed by atoms with E-state index in [0.29, 0.717) is 11.5 Å². The molecule has 0 atom stereocenters. The number of oxime groups is 1. The lowest BCUT2D eigenvalue weighted by molar-refractivity contribution is 0.0465. The zero-order valence-electron chi connectivity index (χ0n) is 10.5. The van der Waals surface area contributed by atoms with Crippen LogP contribution in [0.2, 0.25) is 0 Å². The Morgan fingerprint density at radius 1 is 1.39 bits per heavy atom. The predicted molar refractivity (Wildman–Crippen MR) is 71.0 cm³/mol. The Balaban J connectivity index is 1.96. The second-order valence-corrected chi connectivity index (χ2v) is 4.90. The fourth-order valence-corrected chi connectivity index (χ4v) is 2.29. The first kappa shape index (κ1) is 12.7. The molecule has 1 aliphatic rings. The molecule has 0 saturated heterocycles. The first-order valence-electron chi connectivity index (χ1n) is 6.07. The number of hydrogen-bond donors (Lipinski definition) is 3. The highest BCUT2D eigenvalue weighted by molar-refractivity contribution is 5.97. The molecule has 1 aromatic carbocycles. The van der Waals surface area contributed by atoms with Crippen LogP contribution in [0, 0.1) is 5.92 Å². The van der Waals surface area contributed by atoms with Gasteiger partial charge in [0.05, 0.1) is 6.10 Å². The SMILES string of the molecule is CN(CC1CC(O)C1)c1ccc(C(N)=NO)cc1. The molecular weight excluding hydrogens is 230 g/mol. The molecule has 0 radical (unpaired) electrons. The molecule has 1 aromatic rings. The van der Waals surface area contributed by atoms with E-state index < -0.39 is 0 Å². The minimum atomic E-state index is -0.105. The van der Waals surface area contributed by atoms with E-state index in [2.05, 4.69) is 10.1 Å². The molecule has 1 fully saturated rings. The smallest absolute Gasteiger partial charge is 0.170 e. The number of amidine groups is 1. The lowest BCUT2D eigenvalue weighted by Crippen LogP contribution is -2.37. The van der Waals surface area contributed by atoms with Crippen molar-refractivity contribution in [3.8, 4) is 0 Å². The fraction of sp³-hybridized carbons (Fsp3) is 0.462. The van der Waals surface area contributed by atoms with E-state index in [1.54, 1.807) is 0 Å². The molecule has 0 spiro atoms. The summed E-state index contributed by atoms with van der Waals surface area (Å²) in [7, 11) is 2.03. The molecule has 4 N–H and O–H groups in total. The molecule has 0 amide bonds. The molecule has 0 unspecified atom stereocenters. The summed E-state index contributed by atoms with van der Waals surface area (Å²) in [5.74, 6) is 0.695. The maximum atomic E-state index is 9.26. The molecule has 0 heterocycles. The topological polar surface area (TPSA) is 82.1 Å². The molecule has 0 bridgehead atoms. The second-order valence-electron chi connectivity index (χ2n) is 4.90. The maximum absolute atomic E-state index is 9.26. The number of anilines is 1. The van der Waals surface area contributed by atoms with Crippen LogP contribution in [-0.4, -0.2) is 35.8 Å². The molecule has 98 valence electrons. The standard InChI is InChI=1S/C13H19N3O2/c1-16(8-9-6-12(17)7-9)11-4-2-10(3-5-11)13(14)15-18/h2-5,9,12,17-18H,6-8H2,1H3,(H2,14,15). The summed E-state index contributed by atoms with van der Waals surface area (Å²) < 4.78 is 0. The van der Waals surface area contributed by atoms with Gasteiger partial charge in [0.25, 0.3) is 0 Å². The second kappa shape index (κ2) is 5.27. The van der Waals surface area contributed by atoms with Crippen LogP contribution in [0.1, 0.15) is 18.4 Å². The van der Waals surface area contributed by atoms with Crippen LogP contribution < -0.4 is 10.6 Å². The summed E-state index contributed by atoms with van der Waals surface area (Å²) in [5.41, 5.74) is 7.30. The summed E-state index contributed by atoms with van der Waals surface area (Å²) in [6, 6.07) is 7.55. The monoisotopic (exact) mass is 249 g/mol. The normalized spacial score (nSPS) is 23.6. The summed E-state index contributed by atoms with van der Waals surface area (Å²) in [5, 5.41) is 20.8. The van der Waals surface area contributed by atoms with Crippen LogP contribution in [0.15, 0.2) is 29.4 Å². The molecule has 0 aromatic heterocycles. The highest BCUT2D eigenvalue weighted by Gasteiger charge is 2.27. The van der Waals surface area contributed by atoms with E-state index in [4.69, 9.17) is 10.9 Å². The number of rotatable bonds is 4. The van der Waals surface area contributed by atoms with E-state index in [1.807, 2.05) is 31.3 Å². The van der Waals surface area contributed by atoms with E-state index in [1.165, 1.54) is 0 Å². The van der Waals surface area contributed by atoms with Gasteiger partial charge in [-0.25, -0.2) is 0 Å². The molecule has 5 nitrogen and oxygen atoms in total. The van der Waals surface area contributed by atoms with Gasteiger partial charge in [-0.2, -0.15) is 0 Å². The molecule has 2 rings (SSSR count). The first-order chi connectivity index (χ1) is 8.60. The molecule has 5 heteroatoms. The average molecular weight is 249 g/mol. The Morgan fingerprint density at radius 2 is 2.00 bits per heavy atom. The highest BCUT2D eigenvalue weighted by Crippen LogP contribution is 2.29. The van der Waals surface area contributed by atoms with Gasteiger partial charge in [0, 0.05) is 24.8 Å². The van der Waals surface area contributed by atoms with Crippen LogP contribution in [0.5, 0.6) is 0 Å². The van der Waals surface area contributed by atoms with Crippen molar-refractivity contribution in [1.82, 2.24) is 0 Å². The van der Waals surface area contributed by atoms with Gasteiger partial charge in [-0.05, 0) is 43.0 Å². The van der Waals surface area contributed by atoms with Gasteiger partial charge in [-0.3, -0.25) is 0 Å². The van der Waals surface area contributed by atoms with E-state index in [0.717, 1.165) is 25.1 Å². The van der Waals surface area contributed by atoms with Crippen molar-refractivity contribution in [3.05, 3.63) is 29.8 Å². The van der Waals surface area contributed by atoms with E-state index in [9.17, 15) is 5.11 Å². The van der Waals surface area contributed by atoms with Crippen molar-refractivity contribution in [2.24, 2.45) is 16.8 Å². The van der Waals surface area contributed by atoms with Gasteiger partial charge in [0.1, 0.15) is 0 Å². The van der Waals surface area contributed by atoms with Crippen LogP contribution in [-0.2, 0) is 0 Å². The number of aliphatic hydroxyl groups is 1. The van der Waals surface area contributed by atoms with E-state index in [-0.39, 0.29) is 11.9 Å². The van der Waals surface area contributed by atoms with Crippen molar-refractivity contribution in [2.45, 2.75) is 18.9 Å². The highest BCUT2D eigenvalue weighted by atomic mass is 16.4. The maximum Gasteiger partial charge on any atom is 0.170 e. The third-order valence-electron chi connectivity index (χ3n) is 3.45. The quantitative estimate of drug-likeness (QED) is 0.321. The number of nitrogens with zero attached hydrogens (tertiary/aromatic N) is 2. The average Bonchev–Trinajstić information content (AvgIpc) is 2.36. The summed E-state index contributed by atoms with van der Waals surface area (Å²) >= 11 is 0. The van der Waals surface area contributed by atoms with Crippen LogP contribution in [0.3, 0.4) is 0 Å². The van der Waals surface area contributed by atoms with Crippen molar-refractivity contribution in [1.29, 1.82) is 0 Å². The van der Waals surface area contributed by atoms with Gasteiger partial charge in [0.2, 0.25) is 0 Å². The van der Waals surface area contributed by atoms with Gasteiger partial charge >= 0.3 is 0 Å². The van der Waals surface area contributed by atoms with Crippen LogP contribution in [0.4, 0.5) is 5.69 Å². The van der Waals surface area contributed by atoms with Crippen molar-refractivity contribution >= 4 is 11.5 Å². The summed E-state index contributed by atoms with van der Waals surface area (Å²) in [6.45, 7) is 0.944. The van der Waals surface area contributed by atoms with Gasteiger partial charge in [-0.15, -0.1) is 0 Å². The predicted octanol–water partition coefficient (Wildman–Crippen LogP) is 0.988. The van der Waals surface area contributed by atoms with Crippen molar-refractivity contribution < 1.29 is 10.3 Å². The first-order valence-corrected chi connectivity index (χ1v) is 6.07. The molecule has 1 saturated carbocycles. The summed E-state index contributed by atoms with van der Waals surface area (Å²) in [6.07, 6.45) is 1.69. The molecule has 0 aliphatic heterocycles. The minimum absolute atomic E-state index is 0.105. The van der Waals surface area contributed by atoms with Crippen LogP contribution >= 0.6 is 0 Å². The Kier molecular flexibility index (Phi) is 3.72. The molecule has 1 aliphatic carbocycles. The molecule has 18 heavy (non-hydrogen) atoms. The fourth-order valence-electron chi connectivity index (χ4n) is 2.29. The van der Waals surface area contributed by atoms with Crippen LogP contribution in [0.25, 0.3) is 0 Å².